The topological polar surface area (TPSA) is 140 Å². The van der Waals surface area contributed by atoms with Gasteiger partial charge >= 0.3 is 5.69 Å². The quantitative estimate of drug-likeness (QED) is 0.403. The van der Waals surface area contributed by atoms with Crippen molar-refractivity contribution < 1.29 is 14.3 Å². The molecule has 0 aliphatic heterocycles. The molecule has 0 radical (unpaired) electrons. The Morgan fingerprint density at radius 1 is 1.21 bits per heavy atom. The molecule has 33 heavy (non-hydrogen) atoms. The smallest absolute Gasteiger partial charge is 0.330 e. The normalized spacial score (nSPS) is 10.9. The highest BCUT2D eigenvalue weighted by Gasteiger charge is 2.24. The van der Waals surface area contributed by atoms with Crippen LogP contribution in [-0.2, 0) is 27.3 Å². The van der Waals surface area contributed by atoms with Gasteiger partial charge in [-0.3, -0.25) is 23.9 Å². The lowest BCUT2D eigenvalue weighted by molar-refractivity contribution is -0.121. The Morgan fingerprint density at radius 2 is 1.91 bits per heavy atom. The van der Waals surface area contributed by atoms with Crippen LogP contribution < -0.4 is 27.2 Å². The Balaban J connectivity index is 2.17. The van der Waals surface area contributed by atoms with Gasteiger partial charge in [-0.2, -0.15) is 0 Å². The van der Waals surface area contributed by atoms with Crippen molar-refractivity contribution in [3.8, 4) is 0 Å². The summed E-state index contributed by atoms with van der Waals surface area (Å²) in [6.07, 6.45) is 0.639. The van der Waals surface area contributed by atoms with E-state index in [4.69, 9.17) is 10.5 Å². The monoisotopic (exact) mass is 459 g/mol. The number of carbonyl (C=O) groups excluding carboxylic acids is 2. The molecule has 1 aromatic heterocycles. The van der Waals surface area contributed by atoms with Gasteiger partial charge in [0.15, 0.2) is 5.69 Å². The minimum Gasteiger partial charge on any atom is -0.385 e. The number of carbonyl (C=O) groups is 2. The van der Waals surface area contributed by atoms with Crippen molar-refractivity contribution in [1.82, 2.24) is 14.9 Å². The Bertz CT molecular complexity index is 1050. The second-order valence-electron chi connectivity index (χ2n) is 8.15. The Morgan fingerprint density at radius 3 is 2.55 bits per heavy atom. The van der Waals surface area contributed by atoms with Gasteiger partial charge in [-0.05, 0) is 17.9 Å². The summed E-state index contributed by atoms with van der Waals surface area (Å²) < 4.78 is 6.33. The molecule has 0 atom stereocenters. The summed E-state index contributed by atoms with van der Waals surface area (Å²) >= 11 is 0. The molecule has 0 fully saturated rings. The molecule has 2 aromatic rings. The van der Waals surface area contributed by atoms with Crippen LogP contribution in [-0.4, -0.2) is 48.2 Å². The van der Waals surface area contributed by atoms with Gasteiger partial charge in [0.25, 0.3) is 5.56 Å². The average molecular weight is 460 g/mol. The Kier molecular flexibility index (Phi) is 9.86. The number of aromatic nitrogens is 2. The molecule has 180 valence electrons. The molecule has 0 aliphatic carbocycles. The molecule has 0 spiro atoms. The highest BCUT2D eigenvalue weighted by molar-refractivity contribution is 5.95. The molecule has 0 saturated carbocycles. The zero-order chi connectivity index (χ0) is 24.4. The van der Waals surface area contributed by atoms with Gasteiger partial charge in [-0.25, -0.2) is 4.79 Å². The Labute approximate surface area is 192 Å². The number of anilines is 2. The van der Waals surface area contributed by atoms with Gasteiger partial charge in [-0.15, -0.1) is 0 Å². The first kappa shape index (κ1) is 25.9. The maximum atomic E-state index is 13.0. The number of nitrogens with one attached hydrogen (secondary N) is 2. The molecule has 0 saturated heterocycles. The molecule has 1 aromatic carbocycles. The number of methoxy groups -OCH3 is 1. The SMILES string of the molecule is COCCCN(C(=O)CCNC(=O)Cc1ccccc1)c1c(N)n(CC(C)C)c(=O)[nH]c1=O. The van der Waals surface area contributed by atoms with Crippen LogP contribution in [0.5, 0.6) is 0 Å². The number of aromatic amines is 1. The average Bonchev–Trinajstić information content (AvgIpc) is 2.76. The summed E-state index contributed by atoms with van der Waals surface area (Å²) in [7, 11) is 1.54. The van der Waals surface area contributed by atoms with E-state index in [9.17, 15) is 19.2 Å². The van der Waals surface area contributed by atoms with Crippen LogP contribution >= 0.6 is 0 Å². The number of nitrogens with zero attached hydrogens (tertiary/aromatic N) is 2. The second-order valence-corrected chi connectivity index (χ2v) is 8.15. The van der Waals surface area contributed by atoms with E-state index in [0.29, 0.717) is 19.6 Å². The third-order valence-corrected chi connectivity index (χ3v) is 4.93. The molecule has 10 nitrogen and oxygen atoms in total. The van der Waals surface area contributed by atoms with Crippen molar-refractivity contribution in [3.63, 3.8) is 0 Å². The molecule has 0 bridgehead atoms. The number of hydrogen-bond acceptors (Lipinski definition) is 6. The highest BCUT2D eigenvalue weighted by Crippen LogP contribution is 2.19. The number of hydrogen-bond donors (Lipinski definition) is 3. The van der Waals surface area contributed by atoms with Crippen molar-refractivity contribution in [2.75, 3.05) is 37.4 Å². The number of nitrogens with two attached hydrogens (primary N) is 1. The summed E-state index contributed by atoms with van der Waals surface area (Å²) in [5.74, 6) is -0.557. The highest BCUT2D eigenvalue weighted by atomic mass is 16.5. The van der Waals surface area contributed by atoms with E-state index in [1.54, 1.807) is 7.11 Å². The third-order valence-electron chi connectivity index (χ3n) is 4.93. The van der Waals surface area contributed by atoms with Crippen LogP contribution in [0.3, 0.4) is 0 Å². The molecule has 2 rings (SSSR count). The maximum Gasteiger partial charge on any atom is 0.330 e. The van der Waals surface area contributed by atoms with Crippen LogP contribution in [0.4, 0.5) is 11.5 Å². The van der Waals surface area contributed by atoms with E-state index in [2.05, 4.69) is 10.3 Å². The largest absolute Gasteiger partial charge is 0.385 e. The number of amides is 2. The first-order valence-corrected chi connectivity index (χ1v) is 11.0. The van der Waals surface area contributed by atoms with Crippen LogP contribution in [0.2, 0.25) is 0 Å². The van der Waals surface area contributed by atoms with E-state index >= 15 is 0 Å². The number of rotatable bonds is 12. The minimum absolute atomic E-state index is 0.0320. The van der Waals surface area contributed by atoms with E-state index in [-0.39, 0.29) is 49.3 Å². The molecule has 4 N–H and O–H groups in total. The standard InChI is InChI=1S/C23H33N5O5/c1-16(2)15-28-21(24)20(22(31)26-23(28)32)27(12-7-13-33-3)19(30)10-11-25-18(29)14-17-8-5-4-6-9-17/h4-6,8-9,16H,7,10-15,24H2,1-3H3,(H,25,29)(H,26,31,32). The van der Waals surface area contributed by atoms with Gasteiger partial charge in [-0.1, -0.05) is 44.2 Å². The second kappa shape index (κ2) is 12.6. The summed E-state index contributed by atoms with van der Waals surface area (Å²) in [4.78, 5) is 53.6. The minimum atomic E-state index is -0.726. The van der Waals surface area contributed by atoms with Gasteiger partial charge < -0.3 is 20.7 Å². The number of H-pyrrole nitrogens is 1. The molecule has 10 heteroatoms. The molecule has 0 unspecified atom stereocenters. The van der Waals surface area contributed by atoms with Crippen LogP contribution in [0.25, 0.3) is 0 Å². The van der Waals surface area contributed by atoms with Crippen molar-refractivity contribution in [2.45, 2.75) is 39.7 Å². The van der Waals surface area contributed by atoms with E-state index in [1.165, 1.54) is 9.47 Å². The maximum absolute atomic E-state index is 13.0. The predicted octanol–water partition coefficient (Wildman–Crippen LogP) is 0.893. The summed E-state index contributed by atoms with van der Waals surface area (Å²) in [5, 5.41) is 2.73. The molecule has 1 heterocycles. The van der Waals surface area contributed by atoms with Crippen molar-refractivity contribution >= 4 is 23.3 Å². The van der Waals surface area contributed by atoms with Crippen LogP contribution in [0.1, 0.15) is 32.3 Å². The van der Waals surface area contributed by atoms with Crippen LogP contribution in [0.15, 0.2) is 39.9 Å². The van der Waals surface area contributed by atoms with E-state index in [1.807, 2.05) is 44.2 Å². The van der Waals surface area contributed by atoms with Crippen LogP contribution in [0, 0.1) is 5.92 Å². The first-order valence-electron chi connectivity index (χ1n) is 11.0. The van der Waals surface area contributed by atoms with Crippen molar-refractivity contribution in [2.24, 2.45) is 5.92 Å². The fourth-order valence-electron chi connectivity index (χ4n) is 3.40. The molecular formula is C23H33N5O5. The summed E-state index contributed by atoms with van der Waals surface area (Å²) in [5.41, 5.74) is 5.65. The van der Waals surface area contributed by atoms with Crippen molar-refractivity contribution in [3.05, 3.63) is 56.7 Å². The fourth-order valence-corrected chi connectivity index (χ4v) is 3.40. The fraction of sp³-hybridized carbons (Fsp3) is 0.478. The number of ether oxygens (including phenoxy) is 1. The molecule has 0 aliphatic rings. The van der Waals surface area contributed by atoms with Crippen molar-refractivity contribution in [1.29, 1.82) is 0 Å². The van der Waals surface area contributed by atoms with Gasteiger partial charge in [0.05, 0.1) is 6.42 Å². The first-order chi connectivity index (χ1) is 15.7. The summed E-state index contributed by atoms with van der Waals surface area (Å²) in [6.45, 7) is 4.78. The van der Waals surface area contributed by atoms with E-state index < -0.39 is 17.2 Å². The molecular weight excluding hydrogens is 426 g/mol. The lowest BCUT2D eigenvalue weighted by Crippen LogP contribution is -2.43. The zero-order valence-electron chi connectivity index (χ0n) is 19.4. The lowest BCUT2D eigenvalue weighted by atomic mass is 10.1. The summed E-state index contributed by atoms with van der Waals surface area (Å²) in [6, 6.07) is 9.28. The van der Waals surface area contributed by atoms with E-state index in [0.717, 1.165) is 5.56 Å². The van der Waals surface area contributed by atoms with Gasteiger partial charge in [0, 0.05) is 39.8 Å². The zero-order valence-corrected chi connectivity index (χ0v) is 19.4. The number of nitrogen functional groups attached to an aromatic ring is 1. The third kappa shape index (κ3) is 7.60. The predicted molar refractivity (Wildman–Crippen MR) is 127 cm³/mol. The number of benzene rings is 1. The lowest BCUT2D eigenvalue weighted by Gasteiger charge is -2.25. The van der Waals surface area contributed by atoms with Gasteiger partial charge in [0.1, 0.15) is 5.82 Å². The molecule has 2 amide bonds. The van der Waals surface area contributed by atoms with Gasteiger partial charge in [0.2, 0.25) is 11.8 Å². The Hall–Kier alpha value is -3.40.